The number of ether oxygens (including phenoxy) is 3. The van der Waals surface area contributed by atoms with Gasteiger partial charge in [-0.1, -0.05) is 247 Å². The second kappa shape index (κ2) is 44.9. The standard InChI is InChI=1S/C52H100O6/c1-6-8-9-10-11-12-13-14-15-22-27-32-37-42-50(53)56-45-49(46-57-51(54)43-38-33-28-23-18-16-20-25-30-35-40-47(3)4)58-52(55)44-39-34-29-24-19-17-21-26-31-36-41-48(5)7-2/h47-49H,6-46H2,1-5H3/t48?,49-/m1/s1. The maximum atomic E-state index is 12.8. The molecule has 0 radical (unpaired) electrons. The van der Waals surface area contributed by atoms with Crippen LogP contribution in [0.2, 0.25) is 0 Å². The molecule has 344 valence electrons. The van der Waals surface area contributed by atoms with Crippen LogP contribution in [0.25, 0.3) is 0 Å². The zero-order chi connectivity index (χ0) is 42.6. The van der Waals surface area contributed by atoms with E-state index in [0.717, 1.165) is 69.6 Å². The first kappa shape index (κ1) is 56.4. The Morgan fingerprint density at radius 2 is 0.655 bits per heavy atom. The Hall–Kier alpha value is -1.59. The maximum absolute atomic E-state index is 12.8. The van der Waals surface area contributed by atoms with Crippen LogP contribution in [0.4, 0.5) is 0 Å². The summed E-state index contributed by atoms with van der Waals surface area (Å²) in [6.45, 7) is 11.4. The summed E-state index contributed by atoms with van der Waals surface area (Å²) in [4.78, 5) is 37.9. The molecule has 0 N–H and O–H groups in total. The Kier molecular flexibility index (Phi) is 43.7. The SMILES string of the molecule is CCCCCCCCCCCCCCCC(=O)OC[C@H](COC(=O)CCCCCCCCCCCCC(C)C)OC(=O)CCCCCCCCCCCCC(C)CC. The number of carbonyl (C=O) groups is 3. The molecular formula is C52H100O6. The van der Waals surface area contributed by atoms with Gasteiger partial charge in [0, 0.05) is 19.3 Å². The number of hydrogen-bond acceptors (Lipinski definition) is 6. The van der Waals surface area contributed by atoms with E-state index in [9.17, 15) is 14.4 Å². The molecule has 0 saturated heterocycles. The molecule has 0 amide bonds. The predicted molar refractivity (Wildman–Crippen MR) is 247 cm³/mol. The van der Waals surface area contributed by atoms with Gasteiger partial charge in [-0.3, -0.25) is 14.4 Å². The van der Waals surface area contributed by atoms with E-state index in [1.165, 1.54) is 173 Å². The highest BCUT2D eigenvalue weighted by Gasteiger charge is 2.19. The summed E-state index contributed by atoms with van der Waals surface area (Å²) < 4.78 is 16.8. The van der Waals surface area contributed by atoms with Gasteiger partial charge in [-0.05, 0) is 31.1 Å². The van der Waals surface area contributed by atoms with Crippen molar-refractivity contribution in [2.24, 2.45) is 11.8 Å². The molecule has 58 heavy (non-hydrogen) atoms. The number of esters is 3. The summed E-state index contributed by atoms with van der Waals surface area (Å²) in [5.41, 5.74) is 0. The van der Waals surface area contributed by atoms with E-state index in [0.29, 0.717) is 19.3 Å². The molecule has 2 atom stereocenters. The third-order valence-electron chi connectivity index (χ3n) is 12.1. The molecule has 0 aliphatic carbocycles. The smallest absolute Gasteiger partial charge is 0.306 e. The largest absolute Gasteiger partial charge is 0.462 e. The molecule has 0 saturated carbocycles. The van der Waals surface area contributed by atoms with Crippen LogP contribution < -0.4 is 0 Å². The van der Waals surface area contributed by atoms with Crippen molar-refractivity contribution in [2.75, 3.05) is 13.2 Å². The lowest BCUT2D eigenvalue weighted by Gasteiger charge is -2.18. The zero-order valence-electron chi connectivity index (χ0n) is 39.7. The van der Waals surface area contributed by atoms with Crippen molar-refractivity contribution < 1.29 is 28.6 Å². The van der Waals surface area contributed by atoms with E-state index < -0.39 is 6.10 Å². The highest BCUT2D eigenvalue weighted by atomic mass is 16.6. The van der Waals surface area contributed by atoms with Crippen LogP contribution in [-0.2, 0) is 28.6 Å². The minimum absolute atomic E-state index is 0.0638. The fourth-order valence-corrected chi connectivity index (χ4v) is 7.78. The summed E-state index contributed by atoms with van der Waals surface area (Å²) in [6, 6.07) is 0. The number of hydrogen-bond donors (Lipinski definition) is 0. The van der Waals surface area contributed by atoms with Crippen LogP contribution in [0.1, 0.15) is 285 Å². The average molecular weight is 821 g/mol. The molecule has 0 aliphatic heterocycles. The highest BCUT2D eigenvalue weighted by molar-refractivity contribution is 5.71. The van der Waals surface area contributed by atoms with Crippen LogP contribution in [0.3, 0.4) is 0 Å². The van der Waals surface area contributed by atoms with Gasteiger partial charge in [-0.2, -0.15) is 0 Å². The quantitative estimate of drug-likeness (QED) is 0.0346. The van der Waals surface area contributed by atoms with E-state index in [1.807, 2.05) is 0 Å². The third kappa shape index (κ3) is 44.0. The van der Waals surface area contributed by atoms with E-state index in [4.69, 9.17) is 14.2 Å². The Labute approximate surface area is 361 Å². The lowest BCUT2D eigenvalue weighted by molar-refractivity contribution is -0.167. The molecule has 6 nitrogen and oxygen atoms in total. The second-order valence-electron chi connectivity index (χ2n) is 18.5. The molecule has 0 aromatic carbocycles. The maximum Gasteiger partial charge on any atom is 0.306 e. The molecule has 0 fully saturated rings. The molecule has 0 aliphatic rings. The molecule has 0 rings (SSSR count). The second-order valence-corrected chi connectivity index (χ2v) is 18.5. The first-order chi connectivity index (χ1) is 28.3. The van der Waals surface area contributed by atoms with Crippen molar-refractivity contribution in [3.63, 3.8) is 0 Å². The lowest BCUT2D eigenvalue weighted by Crippen LogP contribution is -2.30. The van der Waals surface area contributed by atoms with Gasteiger partial charge in [0.2, 0.25) is 0 Å². The molecule has 0 heterocycles. The molecule has 0 aromatic rings. The molecule has 6 heteroatoms. The fraction of sp³-hybridized carbons (Fsp3) is 0.942. The average Bonchev–Trinajstić information content (AvgIpc) is 3.21. The van der Waals surface area contributed by atoms with E-state index in [1.54, 1.807) is 0 Å². The van der Waals surface area contributed by atoms with Crippen LogP contribution in [0, 0.1) is 11.8 Å². The number of rotatable bonds is 46. The molecule has 0 aromatic heterocycles. The Bertz CT molecular complexity index is 887. The fourth-order valence-electron chi connectivity index (χ4n) is 7.78. The van der Waals surface area contributed by atoms with Crippen molar-refractivity contribution in [1.82, 2.24) is 0 Å². The molecule has 0 spiro atoms. The minimum Gasteiger partial charge on any atom is -0.462 e. The van der Waals surface area contributed by atoms with Gasteiger partial charge < -0.3 is 14.2 Å². The number of carbonyl (C=O) groups excluding carboxylic acids is 3. The van der Waals surface area contributed by atoms with Crippen molar-refractivity contribution in [3.8, 4) is 0 Å². The monoisotopic (exact) mass is 821 g/mol. The van der Waals surface area contributed by atoms with Crippen LogP contribution in [0.5, 0.6) is 0 Å². The van der Waals surface area contributed by atoms with Crippen molar-refractivity contribution in [2.45, 2.75) is 291 Å². The first-order valence-corrected chi connectivity index (χ1v) is 25.8. The summed E-state index contributed by atoms with van der Waals surface area (Å²) in [5.74, 6) is 0.837. The van der Waals surface area contributed by atoms with Crippen molar-refractivity contribution in [3.05, 3.63) is 0 Å². The highest BCUT2D eigenvalue weighted by Crippen LogP contribution is 2.18. The van der Waals surface area contributed by atoms with Gasteiger partial charge in [0.1, 0.15) is 13.2 Å². The van der Waals surface area contributed by atoms with Gasteiger partial charge in [0.25, 0.3) is 0 Å². The topological polar surface area (TPSA) is 78.9 Å². The normalized spacial score (nSPS) is 12.5. The Morgan fingerprint density at radius 1 is 0.362 bits per heavy atom. The molecular weight excluding hydrogens is 721 g/mol. The van der Waals surface area contributed by atoms with E-state index in [-0.39, 0.29) is 31.1 Å². The van der Waals surface area contributed by atoms with Crippen LogP contribution >= 0.6 is 0 Å². The molecule has 1 unspecified atom stereocenters. The van der Waals surface area contributed by atoms with Gasteiger partial charge >= 0.3 is 17.9 Å². The summed E-state index contributed by atoms with van der Waals surface area (Å²) >= 11 is 0. The predicted octanol–water partition coefficient (Wildman–Crippen LogP) is 16.5. The van der Waals surface area contributed by atoms with Gasteiger partial charge in [-0.15, -0.1) is 0 Å². The van der Waals surface area contributed by atoms with Crippen LogP contribution in [-0.4, -0.2) is 37.2 Å². The zero-order valence-corrected chi connectivity index (χ0v) is 39.7. The van der Waals surface area contributed by atoms with Crippen molar-refractivity contribution in [1.29, 1.82) is 0 Å². The summed E-state index contributed by atoms with van der Waals surface area (Å²) in [7, 11) is 0. The third-order valence-corrected chi connectivity index (χ3v) is 12.1. The van der Waals surface area contributed by atoms with Crippen LogP contribution in [0.15, 0.2) is 0 Å². The summed E-state index contributed by atoms with van der Waals surface area (Å²) in [6.07, 6.45) is 45.0. The lowest BCUT2D eigenvalue weighted by atomic mass is 9.99. The first-order valence-electron chi connectivity index (χ1n) is 25.8. The Morgan fingerprint density at radius 3 is 0.983 bits per heavy atom. The van der Waals surface area contributed by atoms with E-state index >= 15 is 0 Å². The van der Waals surface area contributed by atoms with E-state index in [2.05, 4.69) is 34.6 Å². The number of unbranched alkanes of at least 4 members (excludes halogenated alkanes) is 30. The molecule has 0 bridgehead atoms. The van der Waals surface area contributed by atoms with Gasteiger partial charge in [-0.25, -0.2) is 0 Å². The van der Waals surface area contributed by atoms with Crippen molar-refractivity contribution >= 4 is 17.9 Å². The van der Waals surface area contributed by atoms with Gasteiger partial charge in [0.05, 0.1) is 0 Å². The summed E-state index contributed by atoms with van der Waals surface area (Å²) in [5, 5.41) is 0. The van der Waals surface area contributed by atoms with Gasteiger partial charge in [0.15, 0.2) is 6.10 Å². The minimum atomic E-state index is -0.761. The Balaban J connectivity index is 4.33.